The van der Waals surface area contributed by atoms with E-state index in [9.17, 15) is 0 Å². The SMILES string of the molecule is C=C(CN)CSc1nc(C)c(C)c(C)n1. The maximum atomic E-state index is 5.47. The second-order valence-electron chi connectivity index (χ2n) is 3.54. The van der Waals surface area contributed by atoms with Gasteiger partial charge in [0.2, 0.25) is 0 Å². The molecule has 1 rings (SSSR count). The highest BCUT2D eigenvalue weighted by Gasteiger charge is 2.05. The van der Waals surface area contributed by atoms with E-state index in [1.54, 1.807) is 11.8 Å². The van der Waals surface area contributed by atoms with Crippen LogP contribution in [0.5, 0.6) is 0 Å². The number of thioether (sulfide) groups is 1. The molecular formula is C11H17N3S. The lowest BCUT2D eigenvalue weighted by atomic mass is 10.2. The fourth-order valence-electron chi connectivity index (χ4n) is 1.03. The van der Waals surface area contributed by atoms with Crippen molar-refractivity contribution in [3.63, 3.8) is 0 Å². The van der Waals surface area contributed by atoms with Gasteiger partial charge in [0.1, 0.15) is 0 Å². The van der Waals surface area contributed by atoms with Gasteiger partial charge in [-0.3, -0.25) is 0 Å². The zero-order valence-electron chi connectivity index (χ0n) is 9.50. The molecule has 2 N–H and O–H groups in total. The normalized spacial score (nSPS) is 10.4. The number of hydrogen-bond acceptors (Lipinski definition) is 4. The van der Waals surface area contributed by atoms with Gasteiger partial charge in [-0.15, -0.1) is 0 Å². The van der Waals surface area contributed by atoms with E-state index in [2.05, 4.69) is 16.5 Å². The predicted molar refractivity (Wildman–Crippen MR) is 65.2 cm³/mol. The van der Waals surface area contributed by atoms with E-state index in [0.717, 1.165) is 33.4 Å². The largest absolute Gasteiger partial charge is 0.327 e. The highest BCUT2D eigenvalue weighted by Crippen LogP contribution is 2.18. The summed E-state index contributed by atoms with van der Waals surface area (Å²) in [5, 5.41) is 0.810. The van der Waals surface area contributed by atoms with Gasteiger partial charge in [-0.25, -0.2) is 9.97 Å². The van der Waals surface area contributed by atoms with Crippen LogP contribution in [0.15, 0.2) is 17.3 Å². The minimum Gasteiger partial charge on any atom is -0.327 e. The van der Waals surface area contributed by atoms with Crippen molar-refractivity contribution in [3.05, 3.63) is 29.1 Å². The number of hydrogen-bond donors (Lipinski definition) is 1. The third-order valence-corrected chi connectivity index (χ3v) is 3.30. The molecule has 82 valence electrons. The van der Waals surface area contributed by atoms with Gasteiger partial charge in [0.15, 0.2) is 5.16 Å². The molecule has 15 heavy (non-hydrogen) atoms. The molecule has 0 aliphatic heterocycles. The molecular weight excluding hydrogens is 206 g/mol. The molecule has 1 aromatic rings. The Morgan fingerprint density at radius 1 is 1.27 bits per heavy atom. The summed E-state index contributed by atoms with van der Waals surface area (Å²) < 4.78 is 0. The van der Waals surface area contributed by atoms with Crippen molar-refractivity contribution in [1.29, 1.82) is 0 Å². The lowest BCUT2D eigenvalue weighted by molar-refractivity contribution is 0.881. The molecule has 0 amide bonds. The number of aromatic nitrogens is 2. The van der Waals surface area contributed by atoms with Gasteiger partial charge >= 0.3 is 0 Å². The molecule has 0 radical (unpaired) electrons. The van der Waals surface area contributed by atoms with Gasteiger partial charge in [-0.1, -0.05) is 23.9 Å². The molecule has 4 heteroatoms. The zero-order chi connectivity index (χ0) is 11.4. The molecule has 0 spiro atoms. The Hall–Kier alpha value is -0.870. The van der Waals surface area contributed by atoms with E-state index in [1.807, 2.05) is 20.8 Å². The molecule has 0 unspecified atom stereocenters. The molecule has 0 bridgehead atoms. The van der Waals surface area contributed by atoms with Gasteiger partial charge in [0.05, 0.1) is 0 Å². The van der Waals surface area contributed by atoms with Gasteiger partial charge in [-0.2, -0.15) is 0 Å². The fraction of sp³-hybridized carbons (Fsp3) is 0.455. The summed E-state index contributed by atoms with van der Waals surface area (Å²) >= 11 is 1.59. The summed E-state index contributed by atoms with van der Waals surface area (Å²) in [6.07, 6.45) is 0. The Kier molecular flexibility index (Phi) is 4.29. The van der Waals surface area contributed by atoms with E-state index in [-0.39, 0.29) is 0 Å². The van der Waals surface area contributed by atoms with Crippen LogP contribution in [0.1, 0.15) is 17.0 Å². The predicted octanol–water partition coefficient (Wildman–Crippen LogP) is 2.01. The number of rotatable bonds is 4. The lowest BCUT2D eigenvalue weighted by Crippen LogP contribution is -2.04. The fourth-order valence-corrected chi connectivity index (χ4v) is 1.89. The molecule has 0 atom stereocenters. The molecule has 0 fully saturated rings. The van der Waals surface area contributed by atoms with Crippen molar-refractivity contribution in [2.24, 2.45) is 5.73 Å². The van der Waals surface area contributed by atoms with Crippen LogP contribution >= 0.6 is 11.8 Å². The molecule has 3 nitrogen and oxygen atoms in total. The van der Waals surface area contributed by atoms with Crippen LogP contribution in [0.3, 0.4) is 0 Å². The first kappa shape index (κ1) is 12.2. The summed E-state index contributed by atoms with van der Waals surface area (Å²) in [5.41, 5.74) is 9.73. The lowest BCUT2D eigenvalue weighted by Gasteiger charge is -2.06. The highest BCUT2D eigenvalue weighted by atomic mass is 32.2. The summed E-state index contributed by atoms with van der Waals surface area (Å²) in [7, 11) is 0. The zero-order valence-corrected chi connectivity index (χ0v) is 10.3. The first-order chi connectivity index (χ1) is 7.04. The average Bonchev–Trinajstić information content (AvgIpc) is 2.22. The van der Waals surface area contributed by atoms with Crippen molar-refractivity contribution in [1.82, 2.24) is 9.97 Å². The summed E-state index contributed by atoms with van der Waals surface area (Å²) in [4.78, 5) is 8.82. The Morgan fingerprint density at radius 2 is 1.80 bits per heavy atom. The van der Waals surface area contributed by atoms with Gasteiger partial charge in [-0.05, 0) is 26.3 Å². The Morgan fingerprint density at radius 3 is 2.27 bits per heavy atom. The van der Waals surface area contributed by atoms with Crippen LogP contribution in [0.2, 0.25) is 0 Å². The quantitative estimate of drug-likeness (QED) is 0.482. The van der Waals surface area contributed by atoms with Crippen molar-refractivity contribution in [2.45, 2.75) is 25.9 Å². The molecule has 0 aliphatic rings. The van der Waals surface area contributed by atoms with Gasteiger partial charge in [0.25, 0.3) is 0 Å². The van der Waals surface area contributed by atoms with E-state index in [4.69, 9.17) is 5.73 Å². The van der Waals surface area contributed by atoms with Crippen LogP contribution in [0, 0.1) is 20.8 Å². The molecule has 0 aromatic carbocycles. The molecule has 0 saturated carbocycles. The third-order valence-electron chi connectivity index (χ3n) is 2.31. The summed E-state index contributed by atoms with van der Waals surface area (Å²) in [6.45, 7) is 10.4. The standard InChI is InChI=1S/C11H17N3S/c1-7(5-12)6-15-11-13-9(3)8(2)10(4)14-11/h1,5-6,12H2,2-4H3. The highest BCUT2D eigenvalue weighted by molar-refractivity contribution is 7.99. The Bertz CT molecular complexity index is 351. The van der Waals surface area contributed by atoms with E-state index in [1.165, 1.54) is 0 Å². The van der Waals surface area contributed by atoms with Gasteiger partial charge < -0.3 is 5.73 Å². The third kappa shape index (κ3) is 3.32. The van der Waals surface area contributed by atoms with Crippen molar-refractivity contribution < 1.29 is 0 Å². The smallest absolute Gasteiger partial charge is 0.188 e. The van der Waals surface area contributed by atoms with Crippen LogP contribution in [0.25, 0.3) is 0 Å². The topological polar surface area (TPSA) is 51.8 Å². The number of nitrogens with two attached hydrogens (primary N) is 1. The maximum Gasteiger partial charge on any atom is 0.188 e. The molecule has 1 heterocycles. The first-order valence-corrected chi connectivity index (χ1v) is 5.84. The molecule has 1 aromatic heterocycles. The van der Waals surface area contributed by atoms with Crippen molar-refractivity contribution in [2.75, 3.05) is 12.3 Å². The first-order valence-electron chi connectivity index (χ1n) is 4.86. The van der Waals surface area contributed by atoms with Gasteiger partial charge in [0, 0.05) is 23.7 Å². The van der Waals surface area contributed by atoms with Crippen LogP contribution in [0.4, 0.5) is 0 Å². The van der Waals surface area contributed by atoms with Crippen LogP contribution in [-0.2, 0) is 0 Å². The maximum absolute atomic E-state index is 5.47. The minimum atomic E-state index is 0.525. The van der Waals surface area contributed by atoms with Crippen LogP contribution < -0.4 is 5.73 Å². The number of nitrogens with zero attached hydrogens (tertiary/aromatic N) is 2. The monoisotopic (exact) mass is 223 g/mol. The summed E-state index contributed by atoms with van der Waals surface area (Å²) in [5.74, 6) is 0.790. The van der Waals surface area contributed by atoms with E-state index in [0.29, 0.717) is 6.54 Å². The van der Waals surface area contributed by atoms with Crippen LogP contribution in [-0.4, -0.2) is 22.3 Å². The molecule has 0 aliphatic carbocycles. The van der Waals surface area contributed by atoms with E-state index < -0.39 is 0 Å². The van der Waals surface area contributed by atoms with Crippen molar-refractivity contribution in [3.8, 4) is 0 Å². The second-order valence-corrected chi connectivity index (χ2v) is 4.49. The summed E-state index contributed by atoms with van der Waals surface area (Å²) in [6, 6.07) is 0. The van der Waals surface area contributed by atoms with E-state index >= 15 is 0 Å². The minimum absolute atomic E-state index is 0.525. The number of aryl methyl sites for hydroxylation is 2. The molecule has 0 saturated heterocycles. The Labute approximate surface area is 95.2 Å². The second kappa shape index (κ2) is 5.28. The Balaban J connectivity index is 2.75. The van der Waals surface area contributed by atoms with Crippen molar-refractivity contribution >= 4 is 11.8 Å². The average molecular weight is 223 g/mol.